The van der Waals surface area contributed by atoms with Gasteiger partial charge in [-0.15, -0.1) is 0 Å². The molecule has 0 bridgehead atoms. The third kappa shape index (κ3) is 4.29. The van der Waals surface area contributed by atoms with Crippen molar-refractivity contribution in [3.05, 3.63) is 0 Å². The molecule has 0 aromatic carbocycles. The van der Waals surface area contributed by atoms with Crippen LogP contribution < -0.4 is 11.5 Å². The van der Waals surface area contributed by atoms with Crippen LogP contribution in [-0.4, -0.2) is 23.7 Å². The number of aliphatic carboxylic acids is 1. The molecule has 10 heavy (non-hydrogen) atoms. The van der Waals surface area contributed by atoms with Gasteiger partial charge in [0, 0.05) is 0 Å². The van der Waals surface area contributed by atoms with Gasteiger partial charge in [0.15, 0.2) is 0 Å². The summed E-state index contributed by atoms with van der Waals surface area (Å²) in [5.74, 6) is -0.933. The van der Waals surface area contributed by atoms with Gasteiger partial charge in [0.1, 0.15) is 6.04 Å². The predicted molar refractivity (Wildman–Crippen MR) is 38.5 cm³/mol. The van der Waals surface area contributed by atoms with E-state index >= 15 is 0 Å². The number of hydrogen-bond acceptors (Lipinski definition) is 3. The molecule has 0 rings (SSSR count). The summed E-state index contributed by atoms with van der Waals surface area (Å²) in [6, 6.07) is -0.716. The van der Waals surface area contributed by atoms with Crippen molar-refractivity contribution in [2.24, 2.45) is 11.5 Å². The summed E-state index contributed by atoms with van der Waals surface area (Å²) < 4.78 is 0. The fourth-order valence-corrected chi connectivity index (χ4v) is 0.632. The Morgan fingerprint density at radius 3 is 2.50 bits per heavy atom. The maximum absolute atomic E-state index is 10.1. The van der Waals surface area contributed by atoms with Crippen molar-refractivity contribution in [3.8, 4) is 0 Å². The molecule has 0 heterocycles. The fraction of sp³-hybridized carbons (Fsp3) is 0.833. The van der Waals surface area contributed by atoms with E-state index in [0.29, 0.717) is 13.0 Å². The number of nitrogens with two attached hydrogens (primary N) is 2. The molecular formula is C6H14N2O2. The number of unbranched alkanes of at least 4 members (excludes halogenated alkanes) is 1. The third-order valence-electron chi connectivity index (χ3n) is 1.29. The Morgan fingerprint density at radius 1 is 1.50 bits per heavy atom. The van der Waals surface area contributed by atoms with Crippen molar-refractivity contribution < 1.29 is 9.90 Å². The summed E-state index contributed by atoms with van der Waals surface area (Å²) in [4.78, 5) is 10.1. The van der Waals surface area contributed by atoms with Crippen LogP contribution in [0.3, 0.4) is 0 Å². The van der Waals surface area contributed by atoms with Crippen molar-refractivity contribution in [2.75, 3.05) is 6.54 Å². The molecule has 0 saturated carbocycles. The highest BCUT2D eigenvalue weighted by atomic mass is 16.4. The van der Waals surface area contributed by atoms with Gasteiger partial charge in [0.2, 0.25) is 0 Å². The Balaban J connectivity index is 3.21. The Bertz CT molecular complexity index is 106. The molecular weight excluding hydrogens is 131 g/mol. The minimum atomic E-state index is -0.933. The summed E-state index contributed by atoms with van der Waals surface area (Å²) in [6.07, 6.45) is 2.16. The van der Waals surface area contributed by atoms with E-state index in [1.165, 1.54) is 0 Å². The largest absolute Gasteiger partial charge is 0.480 e. The van der Waals surface area contributed by atoms with Crippen LogP contribution in [0.2, 0.25) is 0 Å². The van der Waals surface area contributed by atoms with Gasteiger partial charge < -0.3 is 16.6 Å². The van der Waals surface area contributed by atoms with Gasteiger partial charge in [-0.05, 0) is 19.4 Å². The second kappa shape index (κ2) is 5.20. The van der Waals surface area contributed by atoms with Gasteiger partial charge in [-0.3, -0.25) is 4.79 Å². The van der Waals surface area contributed by atoms with Crippen LogP contribution in [0.1, 0.15) is 19.3 Å². The minimum Gasteiger partial charge on any atom is -0.480 e. The molecule has 0 aromatic rings. The molecule has 0 spiro atoms. The maximum atomic E-state index is 10.1. The van der Waals surface area contributed by atoms with Crippen molar-refractivity contribution in [1.82, 2.24) is 0 Å². The molecule has 4 nitrogen and oxygen atoms in total. The number of carbonyl (C=O) groups is 1. The van der Waals surface area contributed by atoms with Crippen molar-refractivity contribution in [2.45, 2.75) is 25.3 Å². The molecule has 0 aliphatic carbocycles. The molecule has 0 radical (unpaired) electrons. The van der Waals surface area contributed by atoms with Gasteiger partial charge in [-0.25, -0.2) is 0 Å². The molecule has 0 amide bonds. The van der Waals surface area contributed by atoms with Crippen LogP contribution in [0, 0.1) is 0 Å². The Kier molecular flexibility index (Phi) is 4.88. The van der Waals surface area contributed by atoms with E-state index in [-0.39, 0.29) is 0 Å². The van der Waals surface area contributed by atoms with Gasteiger partial charge in [-0.2, -0.15) is 0 Å². The Morgan fingerprint density at radius 2 is 2.10 bits per heavy atom. The van der Waals surface area contributed by atoms with Crippen LogP contribution in [0.25, 0.3) is 0 Å². The van der Waals surface area contributed by atoms with Crippen LogP contribution in [0.15, 0.2) is 0 Å². The zero-order valence-electron chi connectivity index (χ0n) is 5.92. The summed E-state index contributed by atoms with van der Waals surface area (Å²) in [7, 11) is 0. The lowest BCUT2D eigenvalue weighted by molar-refractivity contribution is -0.138. The van der Waals surface area contributed by atoms with Gasteiger partial charge in [0.05, 0.1) is 0 Å². The predicted octanol–water partition coefficient (Wildman–Crippen LogP) is -0.473. The smallest absolute Gasteiger partial charge is 0.320 e. The maximum Gasteiger partial charge on any atom is 0.320 e. The fourth-order valence-electron chi connectivity index (χ4n) is 0.632. The Labute approximate surface area is 60.2 Å². The first-order valence-corrected chi connectivity index (χ1v) is 3.37. The van der Waals surface area contributed by atoms with Gasteiger partial charge in [0.25, 0.3) is 0 Å². The quantitative estimate of drug-likeness (QED) is 0.456. The number of carboxylic acid groups (broad SMARTS) is 1. The van der Waals surface area contributed by atoms with E-state index < -0.39 is 12.0 Å². The molecule has 1 atom stereocenters. The van der Waals surface area contributed by atoms with Crippen molar-refractivity contribution in [1.29, 1.82) is 0 Å². The van der Waals surface area contributed by atoms with Crippen molar-refractivity contribution >= 4 is 5.97 Å². The molecule has 0 aliphatic rings. The van der Waals surface area contributed by atoms with E-state index in [1.54, 1.807) is 0 Å². The topological polar surface area (TPSA) is 89.3 Å². The van der Waals surface area contributed by atoms with E-state index in [1.807, 2.05) is 0 Å². The number of rotatable bonds is 5. The van der Waals surface area contributed by atoms with Crippen LogP contribution in [-0.2, 0) is 4.79 Å². The van der Waals surface area contributed by atoms with Crippen LogP contribution in [0.5, 0.6) is 0 Å². The normalized spacial score (nSPS) is 13.0. The summed E-state index contributed by atoms with van der Waals surface area (Å²) in [6.45, 7) is 0.604. The van der Waals surface area contributed by atoms with E-state index in [0.717, 1.165) is 12.8 Å². The summed E-state index contributed by atoms with van der Waals surface area (Å²) >= 11 is 0. The van der Waals surface area contributed by atoms with E-state index in [2.05, 4.69) is 0 Å². The highest BCUT2D eigenvalue weighted by Crippen LogP contribution is 1.96. The van der Waals surface area contributed by atoms with Gasteiger partial charge in [-0.1, -0.05) is 6.42 Å². The highest BCUT2D eigenvalue weighted by molar-refractivity contribution is 5.72. The SMILES string of the molecule is N[11CH2]CCC[C@@H](N)C(=O)O. The number of carboxylic acids is 1. The standard InChI is InChI=1S/C6H14N2O2/c7-4-2-1-3-5(8)6(9)10/h5H,1-4,7-8H2,(H,9,10)/t5-/m1/s1/i4-1. The first kappa shape index (κ1) is 9.39. The molecule has 4 heteroatoms. The molecule has 0 fully saturated rings. The van der Waals surface area contributed by atoms with Crippen LogP contribution in [0.4, 0.5) is 0 Å². The lowest BCUT2D eigenvalue weighted by Crippen LogP contribution is -2.29. The molecule has 0 aromatic heterocycles. The Hall–Kier alpha value is -0.610. The van der Waals surface area contributed by atoms with E-state index in [4.69, 9.17) is 16.6 Å². The number of hydrogen-bond donors (Lipinski definition) is 3. The summed E-state index contributed by atoms with van der Waals surface area (Å²) in [5, 5.41) is 8.33. The van der Waals surface area contributed by atoms with Crippen LogP contribution >= 0.6 is 0 Å². The summed E-state index contributed by atoms with van der Waals surface area (Å²) in [5.41, 5.74) is 10.4. The monoisotopic (exact) mass is 145 g/mol. The third-order valence-corrected chi connectivity index (χ3v) is 1.29. The molecule has 0 saturated heterocycles. The zero-order valence-corrected chi connectivity index (χ0v) is 5.92. The molecule has 0 unspecified atom stereocenters. The minimum absolute atomic E-state index is 0.520. The first-order valence-electron chi connectivity index (χ1n) is 3.37. The highest BCUT2D eigenvalue weighted by Gasteiger charge is 2.09. The molecule has 5 N–H and O–H groups in total. The molecule has 60 valence electrons. The van der Waals surface area contributed by atoms with E-state index in [9.17, 15) is 4.79 Å². The first-order chi connectivity index (χ1) is 4.68. The van der Waals surface area contributed by atoms with Gasteiger partial charge >= 0.3 is 5.97 Å². The average molecular weight is 145 g/mol. The zero-order chi connectivity index (χ0) is 7.98. The molecule has 0 aliphatic heterocycles. The second-order valence-corrected chi connectivity index (χ2v) is 2.23. The van der Waals surface area contributed by atoms with Crippen molar-refractivity contribution in [3.63, 3.8) is 0 Å². The lowest BCUT2D eigenvalue weighted by atomic mass is 9.96. The average Bonchev–Trinajstić information content (AvgIpc) is 1.88. The second-order valence-electron chi connectivity index (χ2n) is 2.23. The lowest BCUT2D eigenvalue weighted by Gasteiger charge is -2.03.